The molecule has 2 aromatic rings. The number of anilines is 1. The molecule has 0 aliphatic heterocycles. The molecule has 20 heavy (non-hydrogen) atoms. The Morgan fingerprint density at radius 2 is 1.90 bits per heavy atom. The summed E-state index contributed by atoms with van der Waals surface area (Å²) in [5, 5.41) is 4.11. The number of hydrogen-bond donors (Lipinski definition) is 1. The molecular formula is C16H17Cl2NO. The average Bonchev–Trinajstić information content (AvgIpc) is 2.48. The van der Waals surface area contributed by atoms with Gasteiger partial charge in [-0.3, -0.25) is 0 Å². The summed E-state index contributed by atoms with van der Waals surface area (Å²) in [6.07, 6.45) is 0. The van der Waals surface area contributed by atoms with Crippen LogP contribution in [-0.2, 0) is 12.4 Å². The van der Waals surface area contributed by atoms with Gasteiger partial charge < -0.3 is 10.1 Å². The van der Waals surface area contributed by atoms with E-state index in [2.05, 4.69) is 5.32 Å². The van der Waals surface area contributed by atoms with Crippen LogP contribution < -0.4 is 10.1 Å². The maximum atomic E-state index is 6.13. The molecule has 0 heterocycles. The molecule has 0 fully saturated rings. The summed E-state index contributed by atoms with van der Waals surface area (Å²) in [7, 11) is 0. The first-order valence-electron chi connectivity index (χ1n) is 6.53. The summed E-state index contributed by atoms with van der Waals surface area (Å²) >= 11 is 12.1. The molecule has 1 N–H and O–H groups in total. The molecule has 2 rings (SSSR count). The van der Waals surface area contributed by atoms with Gasteiger partial charge in [-0.05, 0) is 36.8 Å². The Bertz CT molecular complexity index is 572. The SMILES string of the molecule is CCOc1ccc(NCc2ccccc2Cl)cc1CCl. The highest BCUT2D eigenvalue weighted by Gasteiger charge is 2.05. The second kappa shape index (κ2) is 7.41. The van der Waals surface area contributed by atoms with Gasteiger partial charge in [0.15, 0.2) is 0 Å². The van der Waals surface area contributed by atoms with E-state index in [1.165, 1.54) is 0 Å². The Hall–Kier alpha value is -1.38. The van der Waals surface area contributed by atoms with Gasteiger partial charge in [-0.2, -0.15) is 0 Å². The van der Waals surface area contributed by atoms with E-state index in [0.29, 0.717) is 19.0 Å². The van der Waals surface area contributed by atoms with E-state index in [4.69, 9.17) is 27.9 Å². The van der Waals surface area contributed by atoms with Crippen LogP contribution in [0.5, 0.6) is 5.75 Å². The van der Waals surface area contributed by atoms with Crippen molar-refractivity contribution in [1.82, 2.24) is 0 Å². The van der Waals surface area contributed by atoms with E-state index < -0.39 is 0 Å². The molecule has 2 aromatic carbocycles. The van der Waals surface area contributed by atoms with E-state index >= 15 is 0 Å². The van der Waals surface area contributed by atoms with Crippen LogP contribution in [0.25, 0.3) is 0 Å². The molecule has 0 saturated carbocycles. The molecule has 0 spiro atoms. The Morgan fingerprint density at radius 3 is 2.60 bits per heavy atom. The zero-order valence-electron chi connectivity index (χ0n) is 11.3. The first kappa shape index (κ1) is 15.0. The number of benzene rings is 2. The second-order valence-electron chi connectivity index (χ2n) is 4.33. The number of rotatable bonds is 6. The van der Waals surface area contributed by atoms with Crippen molar-refractivity contribution in [3.8, 4) is 5.75 Å². The highest BCUT2D eigenvalue weighted by molar-refractivity contribution is 6.31. The van der Waals surface area contributed by atoms with Crippen molar-refractivity contribution in [1.29, 1.82) is 0 Å². The molecule has 0 bridgehead atoms. The first-order chi connectivity index (χ1) is 9.74. The zero-order valence-corrected chi connectivity index (χ0v) is 12.8. The van der Waals surface area contributed by atoms with E-state index in [1.807, 2.05) is 49.4 Å². The van der Waals surface area contributed by atoms with Gasteiger partial charge in [0, 0.05) is 22.8 Å². The van der Waals surface area contributed by atoms with Crippen LogP contribution in [0.15, 0.2) is 42.5 Å². The Kier molecular flexibility index (Phi) is 5.57. The van der Waals surface area contributed by atoms with Crippen LogP contribution in [0.3, 0.4) is 0 Å². The number of nitrogens with one attached hydrogen (secondary N) is 1. The highest BCUT2D eigenvalue weighted by Crippen LogP contribution is 2.25. The molecule has 106 valence electrons. The first-order valence-corrected chi connectivity index (χ1v) is 7.44. The van der Waals surface area contributed by atoms with Gasteiger partial charge in [-0.15, -0.1) is 11.6 Å². The predicted molar refractivity (Wildman–Crippen MR) is 85.9 cm³/mol. The fraction of sp³-hybridized carbons (Fsp3) is 0.250. The van der Waals surface area contributed by atoms with Crippen molar-refractivity contribution < 1.29 is 4.74 Å². The number of alkyl halides is 1. The lowest BCUT2D eigenvalue weighted by molar-refractivity contribution is 0.337. The van der Waals surface area contributed by atoms with Gasteiger partial charge in [0.2, 0.25) is 0 Å². The van der Waals surface area contributed by atoms with Gasteiger partial charge >= 0.3 is 0 Å². The van der Waals surface area contributed by atoms with Gasteiger partial charge in [-0.25, -0.2) is 0 Å². The maximum Gasteiger partial charge on any atom is 0.123 e. The lowest BCUT2D eigenvalue weighted by atomic mass is 10.2. The zero-order chi connectivity index (χ0) is 14.4. The normalized spacial score (nSPS) is 10.3. The van der Waals surface area contributed by atoms with E-state index in [9.17, 15) is 0 Å². The summed E-state index contributed by atoms with van der Waals surface area (Å²) in [5.74, 6) is 1.27. The molecular weight excluding hydrogens is 293 g/mol. The standard InChI is InChI=1S/C16H17Cl2NO/c1-2-20-16-8-7-14(9-13(16)10-17)19-11-12-5-3-4-6-15(12)18/h3-9,19H,2,10-11H2,1H3. The van der Waals surface area contributed by atoms with Crippen LogP contribution in [0.4, 0.5) is 5.69 Å². The Balaban J connectivity index is 2.08. The van der Waals surface area contributed by atoms with Crippen molar-refractivity contribution in [2.24, 2.45) is 0 Å². The maximum absolute atomic E-state index is 6.13. The molecule has 0 amide bonds. The summed E-state index contributed by atoms with van der Waals surface area (Å²) in [6.45, 7) is 3.27. The largest absolute Gasteiger partial charge is 0.494 e. The summed E-state index contributed by atoms with van der Waals surface area (Å²) in [4.78, 5) is 0. The minimum atomic E-state index is 0.428. The van der Waals surface area contributed by atoms with Crippen molar-refractivity contribution in [3.63, 3.8) is 0 Å². The third-order valence-corrected chi connectivity index (χ3v) is 3.60. The van der Waals surface area contributed by atoms with Gasteiger partial charge in [0.25, 0.3) is 0 Å². The third kappa shape index (κ3) is 3.81. The smallest absolute Gasteiger partial charge is 0.123 e. The predicted octanol–water partition coefficient (Wildman–Crippen LogP) is 5.09. The fourth-order valence-electron chi connectivity index (χ4n) is 1.93. The van der Waals surface area contributed by atoms with Crippen LogP contribution in [0.1, 0.15) is 18.1 Å². The molecule has 0 aromatic heterocycles. The molecule has 0 aliphatic rings. The van der Waals surface area contributed by atoms with Crippen LogP contribution in [0, 0.1) is 0 Å². The van der Waals surface area contributed by atoms with Gasteiger partial charge in [0.1, 0.15) is 5.75 Å². The van der Waals surface area contributed by atoms with Crippen LogP contribution in [-0.4, -0.2) is 6.61 Å². The van der Waals surface area contributed by atoms with Crippen molar-refractivity contribution in [2.75, 3.05) is 11.9 Å². The lowest BCUT2D eigenvalue weighted by Gasteiger charge is -2.12. The van der Waals surface area contributed by atoms with Crippen LogP contribution in [0.2, 0.25) is 5.02 Å². The minimum Gasteiger partial charge on any atom is -0.494 e. The summed E-state index contributed by atoms with van der Waals surface area (Å²) in [6, 6.07) is 13.7. The van der Waals surface area contributed by atoms with Crippen LogP contribution >= 0.6 is 23.2 Å². The molecule has 0 atom stereocenters. The summed E-state index contributed by atoms with van der Waals surface area (Å²) < 4.78 is 5.53. The lowest BCUT2D eigenvalue weighted by Crippen LogP contribution is -2.01. The third-order valence-electron chi connectivity index (χ3n) is 2.95. The van der Waals surface area contributed by atoms with Crippen molar-refractivity contribution in [2.45, 2.75) is 19.3 Å². The monoisotopic (exact) mass is 309 g/mol. The van der Waals surface area contributed by atoms with E-state index in [0.717, 1.165) is 27.6 Å². The van der Waals surface area contributed by atoms with Crippen molar-refractivity contribution >= 4 is 28.9 Å². The Morgan fingerprint density at radius 1 is 1.10 bits per heavy atom. The number of hydrogen-bond acceptors (Lipinski definition) is 2. The summed E-state index contributed by atoms with van der Waals surface area (Å²) in [5.41, 5.74) is 3.05. The number of ether oxygens (including phenoxy) is 1. The van der Waals surface area contributed by atoms with Crippen molar-refractivity contribution in [3.05, 3.63) is 58.6 Å². The minimum absolute atomic E-state index is 0.428. The molecule has 0 unspecified atom stereocenters. The second-order valence-corrected chi connectivity index (χ2v) is 5.01. The molecule has 4 heteroatoms. The molecule has 0 aliphatic carbocycles. The highest BCUT2D eigenvalue weighted by atomic mass is 35.5. The molecule has 0 radical (unpaired) electrons. The van der Waals surface area contributed by atoms with Gasteiger partial charge in [-0.1, -0.05) is 29.8 Å². The van der Waals surface area contributed by atoms with Gasteiger partial charge in [0.05, 0.1) is 12.5 Å². The number of halogens is 2. The van der Waals surface area contributed by atoms with E-state index in [1.54, 1.807) is 0 Å². The topological polar surface area (TPSA) is 21.3 Å². The molecule has 2 nitrogen and oxygen atoms in total. The molecule has 0 saturated heterocycles. The Labute approximate surface area is 129 Å². The van der Waals surface area contributed by atoms with E-state index in [-0.39, 0.29) is 0 Å². The quantitative estimate of drug-likeness (QED) is 0.750. The average molecular weight is 310 g/mol. The fourth-order valence-corrected chi connectivity index (χ4v) is 2.34.